The van der Waals surface area contributed by atoms with E-state index in [1.165, 1.54) is 20.3 Å². The third-order valence-electron chi connectivity index (χ3n) is 6.24. The standard InChI is InChI=1S/C26H33NO6/c1-16-9-17(2)15-27(14-16)24(29)13-21(19-7-5-18(6-8-19)10-25(30)31)26-22(28)11-20(32-3)12-23(26)33-4/h5-8,11-12,16-17,21,28H,9-10,13-15H2,1-4H3,(H,30,31). The molecule has 0 radical (unpaired) electrons. The summed E-state index contributed by atoms with van der Waals surface area (Å²) in [6.45, 7) is 5.76. The normalized spacial score (nSPS) is 19.1. The number of aliphatic carboxylic acids is 1. The molecule has 0 spiro atoms. The van der Waals surface area contributed by atoms with E-state index in [1.54, 1.807) is 18.2 Å². The Morgan fingerprint density at radius 3 is 2.24 bits per heavy atom. The van der Waals surface area contributed by atoms with Crippen molar-refractivity contribution in [2.24, 2.45) is 11.8 Å². The number of phenolic OH excluding ortho intramolecular Hbond substituents is 1. The van der Waals surface area contributed by atoms with Crippen molar-refractivity contribution >= 4 is 11.9 Å². The van der Waals surface area contributed by atoms with E-state index in [0.717, 1.165) is 25.1 Å². The predicted octanol–water partition coefficient (Wildman–Crippen LogP) is 4.06. The van der Waals surface area contributed by atoms with E-state index in [9.17, 15) is 14.7 Å². The van der Waals surface area contributed by atoms with Gasteiger partial charge in [-0.1, -0.05) is 38.1 Å². The van der Waals surface area contributed by atoms with Crippen LogP contribution in [0.25, 0.3) is 0 Å². The van der Waals surface area contributed by atoms with Crippen LogP contribution in [0.5, 0.6) is 17.2 Å². The number of phenols is 1. The molecular weight excluding hydrogens is 422 g/mol. The number of nitrogens with zero attached hydrogens (tertiary/aromatic N) is 1. The number of aromatic hydroxyl groups is 1. The lowest BCUT2D eigenvalue weighted by atomic mass is 9.85. The van der Waals surface area contributed by atoms with Crippen molar-refractivity contribution in [2.45, 2.75) is 39.0 Å². The lowest BCUT2D eigenvalue weighted by Crippen LogP contribution is -2.43. The van der Waals surface area contributed by atoms with Crippen LogP contribution in [0, 0.1) is 11.8 Å². The van der Waals surface area contributed by atoms with Gasteiger partial charge in [-0.05, 0) is 29.4 Å². The Morgan fingerprint density at radius 2 is 1.70 bits per heavy atom. The molecule has 178 valence electrons. The fourth-order valence-corrected chi connectivity index (χ4v) is 4.82. The van der Waals surface area contributed by atoms with Gasteiger partial charge in [0, 0.05) is 43.1 Å². The summed E-state index contributed by atoms with van der Waals surface area (Å²) in [4.78, 5) is 26.4. The largest absolute Gasteiger partial charge is 0.507 e. The lowest BCUT2D eigenvalue weighted by Gasteiger charge is -2.36. The molecule has 7 nitrogen and oxygen atoms in total. The summed E-state index contributed by atoms with van der Waals surface area (Å²) in [5, 5.41) is 20.0. The average Bonchev–Trinajstić information content (AvgIpc) is 2.76. The van der Waals surface area contributed by atoms with Gasteiger partial charge in [-0.25, -0.2) is 0 Å². The molecule has 2 N–H and O–H groups in total. The SMILES string of the molecule is COc1cc(O)c(C(CC(=O)N2CC(C)CC(C)C2)c2ccc(CC(=O)O)cc2)c(OC)c1. The molecule has 2 aromatic rings. The van der Waals surface area contributed by atoms with Crippen molar-refractivity contribution in [2.75, 3.05) is 27.3 Å². The highest BCUT2D eigenvalue weighted by Gasteiger charge is 2.31. The Morgan fingerprint density at radius 1 is 1.06 bits per heavy atom. The van der Waals surface area contributed by atoms with Gasteiger partial charge in [-0.15, -0.1) is 0 Å². The van der Waals surface area contributed by atoms with Crippen molar-refractivity contribution in [1.82, 2.24) is 4.90 Å². The summed E-state index contributed by atoms with van der Waals surface area (Å²) in [6.07, 6.45) is 1.18. The third-order valence-corrected chi connectivity index (χ3v) is 6.24. The minimum atomic E-state index is -0.905. The van der Waals surface area contributed by atoms with E-state index < -0.39 is 11.9 Å². The Hall–Kier alpha value is -3.22. The topological polar surface area (TPSA) is 96.3 Å². The minimum Gasteiger partial charge on any atom is -0.507 e. The first kappa shape index (κ1) is 24.4. The highest BCUT2D eigenvalue weighted by molar-refractivity contribution is 5.78. The highest BCUT2D eigenvalue weighted by Crippen LogP contribution is 2.43. The van der Waals surface area contributed by atoms with Crippen molar-refractivity contribution in [3.8, 4) is 17.2 Å². The maximum Gasteiger partial charge on any atom is 0.307 e. The van der Waals surface area contributed by atoms with Crippen LogP contribution in [-0.4, -0.2) is 54.3 Å². The van der Waals surface area contributed by atoms with E-state index in [4.69, 9.17) is 14.6 Å². The second-order valence-electron chi connectivity index (χ2n) is 9.08. The lowest BCUT2D eigenvalue weighted by molar-refractivity contribution is -0.136. The van der Waals surface area contributed by atoms with Gasteiger partial charge in [0.05, 0.1) is 20.6 Å². The number of ether oxygens (including phenoxy) is 2. The number of methoxy groups -OCH3 is 2. The zero-order chi connectivity index (χ0) is 24.1. The number of carboxylic acid groups (broad SMARTS) is 1. The van der Waals surface area contributed by atoms with E-state index >= 15 is 0 Å². The van der Waals surface area contributed by atoms with Crippen LogP contribution >= 0.6 is 0 Å². The molecule has 3 atom stereocenters. The first-order chi connectivity index (χ1) is 15.7. The first-order valence-corrected chi connectivity index (χ1v) is 11.2. The highest BCUT2D eigenvalue weighted by atomic mass is 16.5. The van der Waals surface area contributed by atoms with Gasteiger partial charge in [0.2, 0.25) is 5.91 Å². The average molecular weight is 456 g/mol. The number of rotatable bonds is 8. The van der Waals surface area contributed by atoms with Gasteiger partial charge >= 0.3 is 5.97 Å². The maximum atomic E-state index is 13.4. The number of hydrogen-bond acceptors (Lipinski definition) is 5. The number of carbonyl (C=O) groups excluding carboxylic acids is 1. The molecule has 1 saturated heterocycles. The summed E-state index contributed by atoms with van der Waals surface area (Å²) in [7, 11) is 3.02. The molecule has 1 aliphatic heterocycles. The minimum absolute atomic E-state index is 0.0148. The smallest absolute Gasteiger partial charge is 0.307 e. The van der Waals surface area contributed by atoms with Gasteiger partial charge in [0.1, 0.15) is 17.2 Å². The molecular formula is C26H33NO6. The molecule has 1 amide bonds. The van der Waals surface area contributed by atoms with E-state index in [1.807, 2.05) is 17.0 Å². The van der Waals surface area contributed by atoms with Crippen molar-refractivity contribution in [1.29, 1.82) is 0 Å². The molecule has 0 saturated carbocycles. The molecule has 0 bridgehead atoms. The van der Waals surface area contributed by atoms with Crippen molar-refractivity contribution < 1.29 is 29.3 Å². The Bertz CT molecular complexity index is 977. The van der Waals surface area contributed by atoms with E-state index in [-0.39, 0.29) is 24.5 Å². The summed E-state index contributed by atoms with van der Waals surface area (Å²) >= 11 is 0. The Balaban J connectivity index is 2.00. The molecule has 33 heavy (non-hydrogen) atoms. The quantitative estimate of drug-likeness (QED) is 0.623. The van der Waals surface area contributed by atoms with Gasteiger partial charge in [-0.2, -0.15) is 0 Å². The number of amides is 1. The molecule has 1 fully saturated rings. The number of carboxylic acids is 1. The predicted molar refractivity (Wildman–Crippen MR) is 125 cm³/mol. The van der Waals surface area contributed by atoms with Crippen LogP contribution in [0.3, 0.4) is 0 Å². The van der Waals surface area contributed by atoms with Gasteiger partial charge in [0.15, 0.2) is 0 Å². The third kappa shape index (κ3) is 5.97. The molecule has 0 aromatic heterocycles. The number of hydrogen-bond donors (Lipinski definition) is 2. The second kappa shape index (κ2) is 10.6. The van der Waals surface area contributed by atoms with Crippen molar-refractivity contribution in [3.05, 3.63) is 53.1 Å². The number of piperidine rings is 1. The molecule has 1 heterocycles. The summed E-state index contributed by atoms with van der Waals surface area (Å²) in [5.41, 5.74) is 1.98. The summed E-state index contributed by atoms with van der Waals surface area (Å²) < 4.78 is 10.8. The summed E-state index contributed by atoms with van der Waals surface area (Å²) in [6, 6.07) is 10.3. The summed E-state index contributed by atoms with van der Waals surface area (Å²) in [5.74, 6) is 0.394. The van der Waals surface area contributed by atoms with E-state index in [2.05, 4.69) is 13.8 Å². The molecule has 0 aliphatic carbocycles. The van der Waals surface area contributed by atoms with Crippen LogP contribution in [0.15, 0.2) is 36.4 Å². The van der Waals surface area contributed by atoms with Crippen LogP contribution in [0.1, 0.15) is 49.3 Å². The van der Waals surface area contributed by atoms with Crippen LogP contribution < -0.4 is 9.47 Å². The fraction of sp³-hybridized carbons (Fsp3) is 0.462. The molecule has 3 unspecified atom stereocenters. The van der Waals surface area contributed by atoms with Crippen LogP contribution in [0.4, 0.5) is 0 Å². The molecule has 7 heteroatoms. The van der Waals surface area contributed by atoms with E-state index in [0.29, 0.717) is 34.5 Å². The number of benzene rings is 2. The van der Waals surface area contributed by atoms with Crippen LogP contribution in [-0.2, 0) is 16.0 Å². The zero-order valence-corrected chi connectivity index (χ0v) is 19.7. The zero-order valence-electron chi connectivity index (χ0n) is 19.7. The Labute approximate surface area is 194 Å². The van der Waals surface area contributed by atoms with Gasteiger partial charge in [-0.3, -0.25) is 9.59 Å². The molecule has 2 aromatic carbocycles. The monoisotopic (exact) mass is 455 g/mol. The van der Waals surface area contributed by atoms with Gasteiger partial charge < -0.3 is 24.6 Å². The van der Waals surface area contributed by atoms with Gasteiger partial charge in [0.25, 0.3) is 0 Å². The van der Waals surface area contributed by atoms with Crippen LogP contribution in [0.2, 0.25) is 0 Å². The Kier molecular flexibility index (Phi) is 7.84. The first-order valence-electron chi connectivity index (χ1n) is 11.2. The number of carbonyl (C=O) groups is 2. The van der Waals surface area contributed by atoms with Crippen molar-refractivity contribution in [3.63, 3.8) is 0 Å². The second-order valence-corrected chi connectivity index (χ2v) is 9.08. The fourth-order valence-electron chi connectivity index (χ4n) is 4.82. The number of likely N-dealkylation sites (tertiary alicyclic amines) is 1. The maximum absolute atomic E-state index is 13.4. The molecule has 1 aliphatic rings. The molecule has 3 rings (SSSR count).